The number of carbonyl (C=O) groups is 1. The fourth-order valence-corrected chi connectivity index (χ4v) is 2.69. The van der Waals surface area contributed by atoms with E-state index in [1.165, 1.54) is 6.07 Å². The lowest BCUT2D eigenvalue weighted by molar-refractivity contribution is -0.192. The second-order valence-corrected chi connectivity index (χ2v) is 6.13. The fourth-order valence-electron chi connectivity index (χ4n) is 2.49. The summed E-state index contributed by atoms with van der Waals surface area (Å²) in [5, 5.41) is 8.65. The molecule has 3 N–H and O–H groups in total. The third kappa shape index (κ3) is 5.37. The fraction of sp³-hybridized carbons (Fsp3) is 0.533. The van der Waals surface area contributed by atoms with Gasteiger partial charge in [-0.05, 0) is 31.7 Å². The molecule has 25 heavy (non-hydrogen) atoms. The molecule has 10 heteroatoms. The van der Waals surface area contributed by atoms with Crippen LogP contribution >= 0.6 is 11.6 Å². The number of carboxylic acid groups (broad SMARTS) is 1. The van der Waals surface area contributed by atoms with Gasteiger partial charge in [0.1, 0.15) is 11.6 Å². The first kappa shape index (κ1) is 19.6. The van der Waals surface area contributed by atoms with E-state index in [9.17, 15) is 22.4 Å². The van der Waals surface area contributed by atoms with Gasteiger partial charge in [0.25, 0.3) is 0 Å². The Hall–Kier alpha value is -1.74. The van der Waals surface area contributed by atoms with Crippen LogP contribution in [-0.4, -0.2) is 29.9 Å². The van der Waals surface area contributed by atoms with Crippen LogP contribution in [0.4, 0.5) is 23.2 Å². The van der Waals surface area contributed by atoms with E-state index in [1.807, 2.05) is 0 Å². The van der Waals surface area contributed by atoms with E-state index >= 15 is 0 Å². The molecule has 0 bridgehead atoms. The Morgan fingerprint density at radius 3 is 2.56 bits per heavy atom. The quantitative estimate of drug-likeness (QED) is 0.490. The maximum Gasteiger partial charge on any atom is 0.403 e. The monoisotopic (exact) mass is 384 g/mol. The molecule has 1 fully saturated rings. The van der Waals surface area contributed by atoms with Crippen molar-refractivity contribution in [3.63, 3.8) is 0 Å². The molecule has 0 saturated heterocycles. The minimum absolute atomic E-state index is 0.0367. The molecule has 0 radical (unpaired) electrons. The zero-order chi connectivity index (χ0) is 18.6. The van der Waals surface area contributed by atoms with Gasteiger partial charge in [-0.15, -0.1) is 0 Å². The first-order valence-electron chi connectivity index (χ1n) is 7.62. The Kier molecular flexibility index (Phi) is 6.34. The van der Waals surface area contributed by atoms with Crippen molar-refractivity contribution in [3.8, 4) is 5.75 Å². The Morgan fingerprint density at radius 1 is 1.36 bits per heavy atom. The molecular formula is C15H17ClF4N2O3. The number of hydrogen-bond donors (Lipinski definition) is 3. The molecule has 0 spiro atoms. The molecule has 5 nitrogen and oxygen atoms in total. The SMILES string of the molecule is O=C(O)C(CNNc1cc(OC2CCCC2)c(Cl)cc1F)C(F)(F)F. The van der Waals surface area contributed by atoms with Crippen LogP contribution in [0.15, 0.2) is 12.1 Å². The van der Waals surface area contributed by atoms with Crippen molar-refractivity contribution in [2.75, 3.05) is 12.0 Å². The number of alkyl halides is 3. The minimum Gasteiger partial charge on any atom is -0.489 e. The number of rotatable bonds is 7. The summed E-state index contributed by atoms with van der Waals surface area (Å²) in [5.41, 5.74) is 4.13. The molecule has 0 aliphatic heterocycles. The highest BCUT2D eigenvalue weighted by atomic mass is 35.5. The van der Waals surface area contributed by atoms with Crippen molar-refractivity contribution in [1.29, 1.82) is 0 Å². The summed E-state index contributed by atoms with van der Waals surface area (Å²) in [4.78, 5) is 10.6. The molecule has 140 valence electrons. The van der Waals surface area contributed by atoms with Crippen LogP contribution in [-0.2, 0) is 4.79 Å². The van der Waals surface area contributed by atoms with Crippen molar-refractivity contribution < 1.29 is 32.2 Å². The maximum atomic E-state index is 13.9. The van der Waals surface area contributed by atoms with E-state index in [-0.39, 0.29) is 22.6 Å². The first-order chi connectivity index (χ1) is 11.7. The lowest BCUT2D eigenvalue weighted by Gasteiger charge is -2.19. The highest BCUT2D eigenvalue weighted by Crippen LogP contribution is 2.33. The number of anilines is 1. The summed E-state index contributed by atoms with van der Waals surface area (Å²) in [6.45, 7) is -0.973. The summed E-state index contributed by atoms with van der Waals surface area (Å²) >= 11 is 5.93. The Morgan fingerprint density at radius 2 is 2.00 bits per heavy atom. The van der Waals surface area contributed by atoms with Gasteiger partial charge in [0.05, 0.1) is 16.8 Å². The van der Waals surface area contributed by atoms with Gasteiger partial charge < -0.3 is 15.3 Å². The zero-order valence-corrected chi connectivity index (χ0v) is 13.8. The van der Waals surface area contributed by atoms with E-state index < -0.39 is 30.4 Å². The molecule has 1 unspecified atom stereocenters. The Bertz CT molecular complexity index is 622. The second-order valence-electron chi connectivity index (χ2n) is 5.73. The number of ether oxygens (including phenoxy) is 1. The molecule has 1 atom stereocenters. The van der Waals surface area contributed by atoms with Crippen molar-refractivity contribution in [1.82, 2.24) is 5.43 Å². The van der Waals surface area contributed by atoms with E-state index in [1.54, 1.807) is 0 Å². The van der Waals surface area contributed by atoms with Crippen molar-refractivity contribution in [3.05, 3.63) is 23.0 Å². The highest BCUT2D eigenvalue weighted by molar-refractivity contribution is 6.32. The summed E-state index contributed by atoms with van der Waals surface area (Å²) in [6.07, 6.45) is -1.23. The van der Waals surface area contributed by atoms with Crippen LogP contribution in [0.2, 0.25) is 5.02 Å². The van der Waals surface area contributed by atoms with Gasteiger partial charge in [0, 0.05) is 12.6 Å². The largest absolute Gasteiger partial charge is 0.489 e. The first-order valence-corrected chi connectivity index (χ1v) is 8.00. The Labute approximate surface area is 146 Å². The van der Waals surface area contributed by atoms with Gasteiger partial charge in [-0.2, -0.15) is 13.2 Å². The molecule has 2 rings (SSSR count). The highest BCUT2D eigenvalue weighted by Gasteiger charge is 2.44. The normalized spacial score (nSPS) is 16.7. The molecule has 1 aliphatic rings. The molecule has 0 amide bonds. The predicted molar refractivity (Wildman–Crippen MR) is 83.1 cm³/mol. The van der Waals surface area contributed by atoms with Gasteiger partial charge in [0.2, 0.25) is 0 Å². The van der Waals surface area contributed by atoms with Crippen molar-refractivity contribution >= 4 is 23.3 Å². The standard InChI is InChI=1S/C15H17ClF4N2O3/c16-10-5-11(17)12(6-13(10)25-8-3-1-2-4-8)22-21-7-9(14(23)24)15(18,19)20/h5-6,8-9,21-22H,1-4,7H2,(H,23,24). The number of nitrogens with one attached hydrogen (secondary N) is 2. The van der Waals surface area contributed by atoms with Crippen molar-refractivity contribution in [2.45, 2.75) is 38.0 Å². The average Bonchev–Trinajstić information content (AvgIpc) is 2.99. The van der Waals surface area contributed by atoms with Crippen LogP contribution in [0.5, 0.6) is 5.75 Å². The number of hydrazine groups is 1. The smallest absolute Gasteiger partial charge is 0.403 e. The summed E-state index contributed by atoms with van der Waals surface area (Å²) in [7, 11) is 0. The molecule has 1 aliphatic carbocycles. The van der Waals surface area contributed by atoms with Crippen LogP contribution in [0.3, 0.4) is 0 Å². The van der Waals surface area contributed by atoms with E-state index in [2.05, 4.69) is 10.9 Å². The average molecular weight is 385 g/mol. The van der Waals surface area contributed by atoms with Gasteiger partial charge >= 0.3 is 12.1 Å². The number of carboxylic acids is 1. The molecule has 1 aromatic carbocycles. The lowest BCUT2D eigenvalue weighted by Crippen LogP contribution is -2.41. The van der Waals surface area contributed by atoms with Crippen LogP contribution < -0.4 is 15.6 Å². The van der Waals surface area contributed by atoms with E-state index in [0.717, 1.165) is 31.7 Å². The maximum absolute atomic E-state index is 13.9. The minimum atomic E-state index is -4.92. The number of aliphatic carboxylic acids is 1. The van der Waals surface area contributed by atoms with E-state index in [4.69, 9.17) is 21.4 Å². The topological polar surface area (TPSA) is 70.6 Å². The van der Waals surface area contributed by atoms with E-state index in [0.29, 0.717) is 0 Å². The Balaban J connectivity index is 2.02. The molecule has 1 aromatic rings. The second kappa shape index (κ2) is 8.09. The van der Waals surface area contributed by atoms with Gasteiger partial charge in [-0.1, -0.05) is 11.6 Å². The predicted octanol–water partition coefficient (Wildman–Crippen LogP) is 3.98. The van der Waals surface area contributed by atoms with Crippen LogP contribution in [0, 0.1) is 11.7 Å². The number of halogens is 5. The molecule has 1 saturated carbocycles. The third-order valence-electron chi connectivity index (χ3n) is 3.84. The van der Waals surface area contributed by atoms with Crippen LogP contribution in [0.25, 0.3) is 0 Å². The molecule has 0 aromatic heterocycles. The van der Waals surface area contributed by atoms with Crippen LogP contribution in [0.1, 0.15) is 25.7 Å². The summed E-state index contributed by atoms with van der Waals surface area (Å²) in [6, 6.07) is 2.21. The summed E-state index contributed by atoms with van der Waals surface area (Å²) < 4.78 is 57.2. The molecular weight excluding hydrogens is 368 g/mol. The van der Waals surface area contributed by atoms with Gasteiger partial charge in [-0.3, -0.25) is 4.79 Å². The lowest BCUT2D eigenvalue weighted by atomic mass is 10.1. The van der Waals surface area contributed by atoms with Gasteiger partial charge in [-0.25, -0.2) is 9.82 Å². The van der Waals surface area contributed by atoms with Gasteiger partial charge in [0.15, 0.2) is 5.92 Å². The number of hydrogen-bond acceptors (Lipinski definition) is 4. The summed E-state index contributed by atoms with van der Waals surface area (Å²) in [5.74, 6) is -5.24. The van der Waals surface area contributed by atoms with Crippen molar-refractivity contribution in [2.24, 2.45) is 5.92 Å². The third-order valence-corrected chi connectivity index (χ3v) is 4.14. The molecule has 0 heterocycles. The zero-order valence-electron chi connectivity index (χ0n) is 13.0. The number of benzene rings is 1.